The number of aromatic amines is 2. The van der Waals surface area contributed by atoms with Gasteiger partial charge in [-0.15, -0.1) is 0 Å². The standard InChI is InChI=1S/C27H30ClN5O4/c1-17-13-20(37-12-9-33-7-10-36-11-8-33)15-22-25(17)32-26(31-22)24-21(5-6-29-27(24)35)30-16-23(34)18-3-2-4-19(28)14-18/h2-6,13-15,23,34H,7-12,16H2,1H3,(H,31,32)(H2,29,30,35). The molecule has 0 radical (unpaired) electrons. The Hall–Kier alpha value is -3.37. The van der Waals surface area contributed by atoms with Crippen LogP contribution in [0.15, 0.2) is 53.5 Å². The highest BCUT2D eigenvalue weighted by Crippen LogP contribution is 2.29. The number of aromatic nitrogens is 3. The topological polar surface area (TPSA) is 115 Å². The second-order valence-corrected chi connectivity index (χ2v) is 9.51. The van der Waals surface area contributed by atoms with Crippen molar-refractivity contribution in [3.05, 3.63) is 75.2 Å². The number of halogens is 1. The number of ether oxygens (including phenoxy) is 2. The Bertz CT molecular complexity index is 1430. The van der Waals surface area contributed by atoms with Crippen molar-refractivity contribution in [3.8, 4) is 17.1 Å². The highest BCUT2D eigenvalue weighted by molar-refractivity contribution is 6.30. The molecule has 2 aromatic carbocycles. The first-order valence-electron chi connectivity index (χ1n) is 12.3. The van der Waals surface area contributed by atoms with Gasteiger partial charge in [-0.25, -0.2) is 4.98 Å². The first-order valence-corrected chi connectivity index (χ1v) is 12.7. The lowest BCUT2D eigenvalue weighted by atomic mass is 10.1. The molecule has 5 rings (SSSR count). The largest absolute Gasteiger partial charge is 0.492 e. The van der Waals surface area contributed by atoms with Gasteiger partial charge in [0.15, 0.2) is 0 Å². The summed E-state index contributed by atoms with van der Waals surface area (Å²) in [6.45, 7) is 6.94. The van der Waals surface area contributed by atoms with Crippen LogP contribution in [0.3, 0.4) is 0 Å². The van der Waals surface area contributed by atoms with Crippen molar-refractivity contribution in [1.29, 1.82) is 0 Å². The quantitative estimate of drug-likeness (QED) is 0.264. The number of aryl methyl sites for hydroxylation is 1. The lowest BCUT2D eigenvalue weighted by molar-refractivity contribution is 0.0322. The number of aliphatic hydroxyl groups excluding tert-OH is 1. The van der Waals surface area contributed by atoms with E-state index in [2.05, 4.69) is 20.2 Å². The van der Waals surface area contributed by atoms with Crippen molar-refractivity contribution in [1.82, 2.24) is 19.9 Å². The number of nitrogens with zero attached hydrogens (tertiary/aromatic N) is 2. The van der Waals surface area contributed by atoms with E-state index >= 15 is 0 Å². The molecule has 0 spiro atoms. The number of aliphatic hydroxyl groups is 1. The highest BCUT2D eigenvalue weighted by Gasteiger charge is 2.17. The molecular formula is C27H30ClN5O4. The van der Waals surface area contributed by atoms with Crippen LogP contribution in [0, 0.1) is 6.92 Å². The molecule has 0 bridgehead atoms. The molecule has 1 fully saturated rings. The Morgan fingerprint density at radius 2 is 2.08 bits per heavy atom. The fourth-order valence-electron chi connectivity index (χ4n) is 4.48. The van der Waals surface area contributed by atoms with E-state index in [-0.39, 0.29) is 12.1 Å². The number of hydrogen-bond donors (Lipinski definition) is 4. The molecule has 1 saturated heterocycles. The number of H-pyrrole nitrogens is 2. The molecule has 2 aromatic heterocycles. The van der Waals surface area contributed by atoms with Gasteiger partial charge in [-0.1, -0.05) is 23.7 Å². The van der Waals surface area contributed by atoms with E-state index in [4.69, 9.17) is 26.1 Å². The van der Waals surface area contributed by atoms with Crippen LogP contribution in [0.2, 0.25) is 5.02 Å². The second kappa shape index (κ2) is 11.4. The summed E-state index contributed by atoms with van der Waals surface area (Å²) in [5, 5.41) is 14.4. The third-order valence-corrected chi connectivity index (χ3v) is 6.68. The first-order chi connectivity index (χ1) is 18.0. The predicted molar refractivity (Wildman–Crippen MR) is 145 cm³/mol. The zero-order chi connectivity index (χ0) is 25.8. The molecule has 0 amide bonds. The minimum Gasteiger partial charge on any atom is -0.492 e. The second-order valence-electron chi connectivity index (χ2n) is 9.07. The minimum atomic E-state index is -0.805. The van der Waals surface area contributed by atoms with E-state index in [1.165, 1.54) is 0 Å². The Balaban J connectivity index is 1.34. The van der Waals surface area contributed by atoms with Gasteiger partial charge in [0, 0.05) is 43.5 Å². The van der Waals surface area contributed by atoms with E-state index in [1.807, 2.05) is 19.1 Å². The Morgan fingerprint density at radius 3 is 2.89 bits per heavy atom. The van der Waals surface area contributed by atoms with Crippen LogP contribution < -0.4 is 15.6 Å². The Kier molecular flexibility index (Phi) is 7.76. The summed E-state index contributed by atoms with van der Waals surface area (Å²) >= 11 is 6.05. The van der Waals surface area contributed by atoms with E-state index in [0.717, 1.165) is 55.2 Å². The Morgan fingerprint density at radius 1 is 1.24 bits per heavy atom. The summed E-state index contributed by atoms with van der Waals surface area (Å²) in [7, 11) is 0. The fourth-order valence-corrected chi connectivity index (χ4v) is 4.67. The predicted octanol–water partition coefficient (Wildman–Crippen LogP) is 3.74. The fraction of sp³-hybridized carbons (Fsp3) is 0.333. The van der Waals surface area contributed by atoms with Gasteiger partial charge in [-0.05, 0) is 42.3 Å². The highest BCUT2D eigenvalue weighted by atomic mass is 35.5. The van der Waals surface area contributed by atoms with E-state index in [9.17, 15) is 9.90 Å². The van der Waals surface area contributed by atoms with Crippen molar-refractivity contribution in [3.63, 3.8) is 0 Å². The van der Waals surface area contributed by atoms with Gasteiger partial charge in [-0.3, -0.25) is 9.69 Å². The van der Waals surface area contributed by atoms with Gasteiger partial charge in [-0.2, -0.15) is 0 Å². The number of rotatable bonds is 9. The number of morpholine rings is 1. The summed E-state index contributed by atoms with van der Waals surface area (Å²) in [5.41, 5.74) is 3.82. The van der Waals surface area contributed by atoms with Gasteiger partial charge in [0.05, 0.1) is 36.0 Å². The van der Waals surface area contributed by atoms with Crippen LogP contribution in [-0.2, 0) is 4.74 Å². The summed E-state index contributed by atoms with van der Waals surface area (Å²) in [6.07, 6.45) is 0.759. The summed E-state index contributed by atoms with van der Waals surface area (Å²) in [4.78, 5) is 25.9. The maximum absolute atomic E-state index is 12.8. The minimum absolute atomic E-state index is 0.192. The molecule has 1 unspecified atom stereocenters. The number of fused-ring (bicyclic) bond motifs is 1. The van der Waals surface area contributed by atoms with Crippen LogP contribution in [-0.4, -0.2) is 71.0 Å². The SMILES string of the molecule is Cc1cc(OCCN2CCOCC2)cc2[nH]c(-c3c(NCC(O)c4cccc(Cl)c4)cc[nH]c3=O)nc12. The van der Waals surface area contributed by atoms with Crippen molar-refractivity contribution in [2.45, 2.75) is 13.0 Å². The van der Waals surface area contributed by atoms with Crippen molar-refractivity contribution in [2.24, 2.45) is 0 Å². The third-order valence-electron chi connectivity index (χ3n) is 6.45. The molecule has 0 aliphatic carbocycles. The first kappa shape index (κ1) is 25.3. The summed E-state index contributed by atoms with van der Waals surface area (Å²) < 4.78 is 11.4. The van der Waals surface area contributed by atoms with Gasteiger partial charge >= 0.3 is 0 Å². The number of benzene rings is 2. The lowest BCUT2D eigenvalue weighted by Gasteiger charge is -2.26. The smallest absolute Gasteiger partial charge is 0.261 e. The van der Waals surface area contributed by atoms with Crippen LogP contribution >= 0.6 is 11.6 Å². The van der Waals surface area contributed by atoms with Crippen LogP contribution in [0.5, 0.6) is 5.75 Å². The van der Waals surface area contributed by atoms with E-state index in [0.29, 0.717) is 34.3 Å². The van der Waals surface area contributed by atoms with Gasteiger partial charge < -0.3 is 29.9 Å². The Labute approximate surface area is 219 Å². The molecule has 10 heteroatoms. The molecule has 0 saturated carbocycles. The van der Waals surface area contributed by atoms with Crippen LogP contribution in [0.1, 0.15) is 17.2 Å². The monoisotopic (exact) mass is 523 g/mol. The lowest BCUT2D eigenvalue weighted by Crippen LogP contribution is -2.38. The normalized spacial score (nSPS) is 15.1. The number of imidazole rings is 1. The van der Waals surface area contributed by atoms with Crippen LogP contribution in [0.25, 0.3) is 22.4 Å². The molecule has 194 valence electrons. The zero-order valence-corrected chi connectivity index (χ0v) is 21.3. The molecule has 9 nitrogen and oxygen atoms in total. The molecule has 1 atom stereocenters. The molecule has 1 aliphatic rings. The molecule has 1 aliphatic heterocycles. The number of anilines is 1. The molecule has 4 aromatic rings. The average molecular weight is 524 g/mol. The van der Waals surface area contributed by atoms with Crippen LogP contribution in [0.4, 0.5) is 5.69 Å². The summed E-state index contributed by atoms with van der Waals surface area (Å²) in [6, 6.07) is 12.7. The van der Waals surface area contributed by atoms with Crippen molar-refractivity contribution in [2.75, 3.05) is 51.3 Å². The van der Waals surface area contributed by atoms with Gasteiger partial charge in [0.2, 0.25) is 0 Å². The summed E-state index contributed by atoms with van der Waals surface area (Å²) in [5.74, 6) is 1.18. The van der Waals surface area contributed by atoms with Crippen molar-refractivity contribution < 1.29 is 14.6 Å². The van der Waals surface area contributed by atoms with E-state index in [1.54, 1.807) is 36.5 Å². The zero-order valence-electron chi connectivity index (χ0n) is 20.6. The maximum atomic E-state index is 12.8. The molecule has 3 heterocycles. The molecule has 37 heavy (non-hydrogen) atoms. The van der Waals surface area contributed by atoms with Gasteiger partial charge in [0.25, 0.3) is 5.56 Å². The molecular weight excluding hydrogens is 494 g/mol. The van der Waals surface area contributed by atoms with Crippen molar-refractivity contribution >= 4 is 28.3 Å². The number of hydrogen-bond acceptors (Lipinski definition) is 7. The number of nitrogens with one attached hydrogen (secondary N) is 3. The van der Waals surface area contributed by atoms with E-state index < -0.39 is 6.10 Å². The average Bonchev–Trinajstić information content (AvgIpc) is 3.32. The maximum Gasteiger partial charge on any atom is 0.261 e. The number of pyridine rings is 1. The molecule has 4 N–H and O–H groups in total. The third kappa shape index (κ3) is 5.97. The van der Waals surface area contributed by atoms with Gasteiger partial charge in [0.1, 0.15) is 23.7 Å².